The SMILES string of the molecule is BrCc1cccc(COCCCCc2ccc3ccc4cccc5ccc2c3c45)n1. The van der Waals surface area contributed by atoms with Crippen molar-refractivity contribution in [3.8, 4) is 0 Å². The van der Waals surface area contributed by atoms with Gasteiger partial charge in [0.25, 0.3) is 0 Å². The zero-order chi connectivity index (χ0) is 20.3. The zero-order valence-corrected chi connectivity index (χ0v) is 18.5. The Hall–Kier alpha value is -2.49. The van der Waals surface area contributed by atoms with E-state index in [4.69, 9.17) is 4.74 Å². The Bertz CT molecular complexity index is 1280. The molecule has 1 heterocycles. The predicted octanol–water partition coefficient (Wildman–Crippen LogP) is 7.41. The van der Waals surface area contributed by atoms with Crippen molar-refractivity contribution in [2.45, 2.75) is 31.2 Å². The van der Waals surface area contributed by atoms with Crippen LogP contribution in [0.15, 0.2) is 72.8 Å². The summed E-state index contributed by atoms with van der Waals surface area (Å²) in [5.74, 6) is 0. The van der Waals surface area contributed by atoms with E-state index in [-0.39, 0.29) is 0 Å². The van der Waals surface area contributed by atoms with E-state index >= 15 is 0 Å². The molecule has 0 saturated heterocycles. The standard InChI is InChI=1S/C27H24BrNO/c28-17-23-8-4-9-24(29-23)18-30-16-2-1-5-19-10-11-22-13-12-20-6-3-7-21-14-15-25(19)27(22)26(20)21/h3-4,6-15H,1-2,5,16-18H2. The number of aryl methyl sites for hydroxylation is 1. The van der Waals surface area contributed by atoms with Gasteiger partial charge in [0.15, 0.2) is 0 Å². The number of hydrogen-bond acceptors (Lipinski definition) is 2. The number of ether oxygens (including phenoxy) is 1. The summed E-state index contributed by atoms with van der Waals surface area (Å²) >= 11 is 3.45. The average Bonchev–Trinajstić information content (AvgIpc) is 2.80. The minimum absolute atomic E-state index is 0.583. The van der Waals surface area contributed by atoms with Crippen LogP contribution in [0.1, 0.15) is 29.8 Å². The molecule has 0 N–H and O–H groups in total. The molecule has 5 aromatic rings. The van der Waals surface area contributed by atoms with Gasteiger partial charge in [0, 0.05) is 11.9 Å². The molecule has 150 valence electrons. The topological polar surface area (TPSA) is 22.1 Å². The van der Waals surface area contributed by atoms with E-state index in [0.717, 1.165) is 42.6 Å². The van der Waals surface area contributed by atoms with Crippen LogP contribution in [0.3, 0.4) is 0 Å². The Balaban J connectivity index is 1.25. The average molecular weight is 458 g/mol. The van der Waals surface area contributed by atoms with Crippen molar-refractivity contribution >= 4 is 48.2 Å². The van der Waals surface area contributed by atoms with Gasteiger partial charge in [-0.2, -0.15) is 0 Å². The summed E-state index contributed by atoms with van der Waals surface area (Å²) in [6.45, 7) is 1.35. The van der Waals surface area contributed by atoms with Crippen LogP contribution in [0, 0.1) is 0 Å². The minimum atomic E-state index is 0.583. The Labute approximate surface area is 185 Å². The van der Waals surface area contributed by atoms with Crippen LogP contribution in [0.5, 0.6) is 0 Å². The third-order valence-electron chi connectivity index (χ3n) is 5.86. The van der Waals surface area contributed by atoms with Gasteiger partial charge in [-0.25, -0.2) is 0 Å². The number of benzene rings is 4. The normalized spacial score (nSPS) is 11.8. The van der Waals surface area contributed by atoms with Gasteiger partial charge in [0.05, 0.1) is 18.0 Å². The second-order valence-electron chi connectivity index (χ2n) is 7.84. The van der Waals surface area contributed by atoms with Crippen molar-refractivity contribution in [2.75, 3.05) is 6.61 Å². The molecule has 0 fully saturated rings. The van der Waals surface area contributed by atoms with Crippen molar-refractivity contribution in [1.29, 1.82) is 0 Å². The Kier molecular flexibility index (Phi) is 5.65. The molecule has 1 aromatic heterocycles. The molecule has 0 aliphatic rings. The van der Waals surface area contributed by atoms with Crippen molar-refractivity contribution in [3.63, 3.8) is 0 Å². The van der Waals surface area contributed by atoms with E-state index in [1.807, 2.05) is 18.2 Å². The molecule has 0 unspecified atom stereocenters. The third-order valence-corrected chi connectivity index (χ3v) is 6.43. The molecule has 5 rings (SSSR count). The first-order valence-corrected chi connectivity index (χ1v) is 11.7. The highest BCUT2D eigenvalue weighted by atomic mass is 79.9. The van der Waals surface area contributed by atoms with Crippen molar-refractivity contribution in [3.05, 3.63) is 89.7 Å². The van der Waals surface area contributed by atoms with Crippen molar-refractivity contribution in [2.24, 2.45) is 0 Å². The predicted molar refractivity (Wildman–Crippen MR) is 130 cm³/mol. The molecular formula is C27H24BrNO. The number of pyridine rings is 1. The zero-order valence-electron chi connectivity index (χ0n) is 16.9. The van der Waals surface area contributed by atoms with Crippen LogP contribution >= 0.6 is 15.9 Å². The van der Waals surface area contributed by atoms with Gasteiger partial charge in [-0.3, -0.25) is 4.98 Å². The summed E-state index contributed by atoms with van der Waals surface area (Å²) in [6.07, 6.45) is 3.26. The highest BCUT2D eigenvalue weighted by Gasteiger charge is 2.10. The highest BCUT2D eigenvalue weighted by molar-refractivity contribution is 9.08. The summed E-state index contributed by atoms with van der Waals surface area (Å²) < 4.78 is 5.86. The fraction of sp³-hybridized carbons (Fsp3) is 0.222. The van der Waals surface area contributed by atoms with Crippen LogP contribution in [-0.2, 0) is 23.1 Å². The molecule has 2 nitrogen and oxygen atoms in total. The summed E-state index contributed by atoms with van der Waals surface area (Å²) in [5, 5.41) is 8.98. The van der Waals surface area contributed by atoms with E-state index in [0.29, 0.717) is 6.61 Å². The molecule has 0 radical (unpaired) electrons. The lowest BCUT2D eigenvalue weighted by atomic mass is 9.91. The van der Waals surface area contributed by atoms with Gasteiger partial charge in [-0.1, -0.05) is 76.6 Å². The van der Waals surface area contributed by atoms with Crippen LogP contribution < -0.4 is 0 Å². The lowest BCUT2D eigenvalue weighted by Gasteiger charge is -2.14. The molecule has 0 spiro atoms. The van der Waals surface area contributed by atoms with E-state index in [1.165, 1.54) is 37.9 Å². The van der Waals surface area contributed by atoms with Gasteiger partial charge in [0.2, 0.25) is 0 Å². The Morgan fingerprint density at radius 2 is 1.40 bits per heavy atom. The first kappa shape index (κ1) is 19.5. The van der Waals surface area contributed by atoms with E-state index in [2.05, 4.69) is 75.5 Å². The number of aromatic nitrogens is 1. The molecule has 0 aliphatic carbocycles. The molecule has 4 aromatic carbocycles. The fourth-order valence-corrected chi connectivity index (χ4v) is 4.71. The molecule has 0 amide bonds. The van der Waals surface area contributed by atoms with E-state index in [1.54, 1.807) is 0 Å². The fourth-order valence-electron chi connectivity index (χ4n) is 4.39. The molecule has 0 bridgehead atoms. The van der Waals surface area contributed by atoms with Gasteiger partial charge in [-0.05, 0) is 69.3 Å². The van der Waals surface area contributed by atoms with Crippen molar-refractivity contribution < 1.29 is 4.74 Å². The molecule has 0 saturated carbocycles. The van der Waals surface area contributed by atoms with Crippen LogP contribution in [-0.4, -0.2) is 11.6 Å². The summed E-state index contributed by atoms with van der Waals surface area (Å²) in [4.78, 5) is 4.56. The minimum Gasteiger partial charge on any atom is -0.375 e. The quantitative estimate of drug-likeness (QED) is 0.137. The lowest BCUT2D eigenvalue weighted by molar-refractivity contribution is 0.114. The first-order chi connectivity index (χ1) is 14.8. The van der Waals surface area contributed by atoms with Gasteiger partial charge in [-0.15, -0.1) is 0 Å². The molecular weight excluding hydrogens is 434 g/mol. The maximum atomic E-state index is 5.86. The molecule has 30 heavy (non-hydrogen) atoms. The van der Waals surface area contributed by atoms with Gasteiger partial charge >= 0.3 is 0 Å². The van der Waals surface area contributed by atoms with E-state index < -0.39 is 0 Å². The Morgan fingerprint density at radius 1 is 0.700 bits per heavy atom. The summed E-state index contributed by atoms with van der Waals surface area (Å²) in [5.41, 5.74) is 3.48. The maximum absolute atomic E-state index is 5.86. The van der Waals surface area contributed by atoms with Crippen LogP contribution in [0.2, 0.25) is 0 Å². The second-order valence-corrected chi connectivity index (χ2v) is 8.41. The van der Waals surface area contributed by atoms with Gasteiger partial charge in [0.1, 0.15) is 0 Å². The summed E-state index contributed by atoms with van der Waals surface area (Å²) in [6, 6.07) is 26.3. The lowest BCUT2D eigenvalue weighted by Crippen LogP contribution is -2.00. The monoisotopic (exact) mass is 457 g/mol. The van der Waals surface area contributed by atoms with E-state index in [9.17, 15) is 0 Å². The van der Waals surface area contributed by atoms with Crippen molar-refractivity contribution in [1.82, 2.24) is 4.98 Å². The smallest absolute Gasteiger partial charge is 0.0887 e. The van der Waals surface area contributed by atoms with Crippen LogP contribution in [0.25, 0.3) is 32.3 Å². The number of rotatable bonds is 8. The third kappa shape index (κ3) is 3.80. The highest BCUT2D eigenvalue weighted by Crippen LogP contribution is 2.36. The van der Waals surface area contributed by atoms with Gasteiger partial charge < -0.3 is 4.74 Å². The molecule has 0 atom stereocenters. The maximum Gasteiger partial charge on any atom is 0.0887 e. The summed E-state index contributed by atoms with van der Waals surface area (Å²) in [7, 11) is 0. The largest absolute Gasteiger partial charge is 0.375 e. The molecule has 3 heteroatoms. The Morgan fingerprint density at radius 3 is 2.23 bits per heavy atom. The number of nitrogens with zero attached hydrogens (tertiary/aromatic N) is 1. The molecule has 0 aliphatic heterocycles. The number of alkyl halides is 1. The number of unbranched alkanes of at least 4 members (excludes halogenated alkanes) is 1. The second kappa shape index (κ2) is 8.71. The number of halogens is 1. The first-order valence-electron chi connectivity index (χ1n) is 10.6. The van der Waals surface area contributed by atoms with Crippen LogP contribution in [0.4, 0.5) is 0 Å². The number of hydrogen-bond donors (Lipinski definition) is 0.